The van der Waals surface area contributed by atoms with E-state index in [1.165, 1.54) is 0 Å². The summed E-state index contributed by atoms with van der Waals surface area (Å²) >= 11 is 3.14. The van der Waals surface area contributed by atoms with Gasteiger partial charge in [-0.3, -0.25) is 4.98 Å². The van der Waals surface area contributed by atoms with E-state index in [1.807, 2.05) is 25.1 Å². The lowest BCUT2D eigenvalue weighted by Gasteiger charge is -2.05. The first-order valence-electron chi connectivity index (χ1n) is 4.56. The smallest absolute Gasteiger partial charge is 0.143 e. The summed E-state index contributed by atoms with van der Waals surface area (Å²) in [4.78, 5) is 9.08. The van der Waals surface area contributed by atoms with Crippen LogP contribution in [0.15, 0.2) is 29.6 Å². The Balaban J connectivity index is 2.47. The molecule has 1 atom stereocenters. The van der Waals surface area contributed by atoms with Gasteiger partial charge in [0.2, 0.25) is 0 Å². The van der Waals surface area contributed by atoms with Crippen LogP contribution in [0.25, 0.3) is 0 Å². The van der Waals surface area contributed by atoms with Gasteiger partial charge in [-0.2, -0.15) is 0 Å². The number of pyridine rings is 1. The fraction of sp³-hybridized carbons (Fsp3) is 0.400. The van der Waals surface area contributed by atoms with Gasteiger partial charge in [-0.25, -0.2) is 0 Å². The summed E-state index contributed by atoms with van der Waals surface area (Å²) in [5.74, 6) is 0. The summed E-state index contributed by atoms with van der Waals surface area (Å²) in [6, 6.07) is 5.57. The van der Waals surface area contributed by atoms with Gasteiger partial charge in [-0.05, 0) is 19.1 Å². The van der Waals surface area contributed by atoms with Crippen LogP contribution in [0.1, 0.15) is 12.6 Å². The van der Waals surface area contributed by atoms with E-state index >= 15 is 0 Å². The van der Waals surface area contributed by atoms with Gasteiger partial charge in [0.25, 0.3) is 0 Å². The van der Waals surface area contributed by atoms with Crippen molar-refractivity contribution in [3.05, 3.63) is 30.1 Å². The van der Waals surface area contributed by atoms with E-state index in [9.17, 15) is 5.11 Å². The maximum atomic E-state index is 9.18. The monoisotopic (exact) mass is 272 g/mol. The lowest BCUT2D eigenvalue weighted by molar-refractivity contribution is 0.0530. The first kappa shape index (κ1) is 12.1. The molecule has 0 saturated carbocycles. The van der Waals surface area contributed by atoms with Crippen molar-refractivity contribution in [2.24, 2.45) is 5.16 Å². The summed E-state index contributed by atoms with van der Waals surface area (Å²) in [6.45, 7) is 1.98. The van der Waals surface area contributed by atoms with E-state index in [0.717, 1.165) is 5.69 Å². The summed E-state index contributed by atoms with van der Waals surface area (Å²) in [5.41, 5.74) is 1.46. The van der Waals surface area contributed by atoms with Crippen LogP contribution in [0.2, 0.25) is 0 Å². The van der Waals surface area contributed by atoms with Gasteiger partial charge in [0, 0.05) is 11.5 Å². The van der Waals surface area contributed by atoms with Crippen molar-refractivity contribution < 1.29 is 9.94 Å². The van der Waals surface area contributed by atoms with Crippen molar-refractivity contribution in [2.45, 2.75) is 13.0 Å². The van der Waals surface area contributed by atoms with Crippen LogP contribution in [0.5, 0.6) is 0 Å². The average Bonchev–Trinajstić information content (AvgIpc) is 2.29. The number of aromatic nitrogens is 1. The van der Waals surface area contributed by atoms with Gasteiger partial charge in [0.05, 0.1) is 5.69 Å². The maximum absolute atomic E-state index is 9.18. The highest BCUT2D eigenvalue weighted by molar-refractivity contribution is 9.09. The van der Waals surface area contributed by atoms with Crippen molar-refractivity contribution in [3.63, 3.8) is 0 Å². The Morgan fingerprint density at radius 1 is 1.67 bits per heavy atom. The van der Waals surface area contributed by atoms with E-state index in [-0.39, 0.29) is 6.61 Å². The third kappa shape index (κ3) is 4.40. The first-order chi connectivity index (χ1) is 7.24. The minimum Gasteiger partial charge on any atom is -0.393 e. The Bertz CT molecular complexity index is 316. The lowest BCUT2D eigenvalue weighted by atomic mass is 10.3. The van der Waals surface area contributed by atoms with Crippen LogP contribution in [0.3, 0.4) is 0 Å². The Labute approximate surface area is 97.1 Å². The molecule has 0 aliphatic carbocycles. The zero-order valence-electron chi connectivity index (χ0n) is 8.43. The van der Waals surface area contributed by atoms with Gasteiger partial charge in [0.1, 0.15) is 18.4 Å². The topological polar surface area (TPSA) is 54.7 Å². The second-order valence-electron chi connectivity index (χ2n) is 3.00. The number of rotatable bonds is 5. The van der Waals surface area contributed by atoms with Crippen molar-refractivity contribution in [3.8, 4) is 0 Å². The number of hydrogen-bond donors (Lipinski definition) is 1. The predicted octanol–water partition coefficient (Wildman–Crippen LogP) is 1.58. The highest BCUT2D eigenvalue weighted by Gasteiger charge is 2.02. The summed E-state index contributed by atoms with van der Waals surface area (Å²) in [5, 5.41) is 13.5. The molecular formula is C10H13BrN2O2. The molecule has 15 heavy (non-hydrogen) atoms. The molecule has 0 bridgehead atoms. The van der Waals surface area contributed by atoms with Gasteiger partial charge < -0.3 is 9.94 Å². The third-order valence-electron chi connectivity index (χ3n) is 1.68. The molecule has 0 radical (unpaired) electrons. The van der Waals surface area contributed by atoms with Crippen molar-refractivity contribution in [2.75, 3.05) is 11.9 Å². The summed E-state index contributed by atoms with van der Waals surface area (Å²) < 4.78 is 0. The number of aliphatic hydroxyl groups is 1. The highest BCUT2D eigenvalue weighted by atomic mass is 79.9. The average molecular weight is 273 g/mol. The van der Waals surface area contributed by atoms with Gasteiger partial charge in [-0.1, -0.05) is 27.2 Å². The number of nitrogens with zero attached hydrogens (tertiary/aromatic N) is 2. The van der Waals surface area contributed by atoms with Crippen LogP contribution in [-0.2, 0) is 4.84 Å². The minimum atomic E-state index is -0.537. The molecular weight excluding hydrogens is 260 g/mol. The molecule has 0 saturated heterocycles. The van der Waals surface area contributed by atoms with Gasteiger partial charge in [0.15, 0.2) is 0 Å². The van der Waals surface area contributed by atoms with E-state index in [1.54, 1.807) is 6.20 Å². The number of halogens is 1. The van der Waals surface area contributed by atoms with E-state index in [2.05, 4.69) is 26.1 Å². The molecule has 5 heteroatoms. The quantitative estimate of drug-likeness (QED) is 0.503. The first-order valence-corrected chi connectivity index (χ1v) is 5.68. The van der Waals surface area contributed by atoms with Crippen LogP contribution in [0, 0.1) is 0 Å². The second-order valence-corrected chi connectivity index (χ2v) is 3.64. The molecule has 0 aromatic carbocycles. The van der Waals surface area contributed by atoms with E-state index in [0.29, 0.717) is 11.0 Å². The maximum Gasteiger partial charge on any atom is 0.143 e. The largest absolute Gasteiger partial charge is 0.393 e. The zero-order valence-corrected chi connectivity index (χ0v) is 10.0. The normalized spacial score (nSPS) is 13.7. The fourth-order valence-electron chi connectivity index (χ4n) is 0.888. The third-order valence-corrected chi connectivity index (χ3v) is 2.43. The van der Waals surface area contributed by atoms with E-state index in [4.69, 9.17) is 4.84 Å². The summed E-state index contributed by atoms with van der Waals surface area (Å²) in [6.07, 6.45) is 1.16. The van der Waals surface area contributed by atoms with Crippen LogP contribution in [-0.4, -0.2) is 33.8 Å². The van der Waals surface area contributed by atoms with E-state index < -0.39 is 6.10 Å². The molecule has 0 amide bonds. The summed E-state index contributed by atoms with van der Waals surface area (Å²) in [7, 11) is 0. The molecule has 1 aromatic heterocycles. The SMILES string of the molecule is C/C(=N\OCC(O)CBr)c1ccccn1. The number of hydrogen-bond acceptors (Lipinski definition) is 4. The van der Waals surface area contributed by atoms with Crippen LogP contribution in [0.4, 0.5) is 0 Å². The predicted molar refractivity (Wildman–Crippen MR) is 62.2 cm³/mol. The molecule has 82 valence electrons. The zero-order chi connectivity index (χ0) is 11.1. The Kier molecular flexibility index (Phi) is 5.28. The Morgan fingerprint density at radius 3 is 3.07 bits per heavy atom. The fourth-order valence-corrected chi connectivity index (χ4v) is 1.08. The minimum absolute atomic E-state index is 0.176. The molecule has 4 nitrogen and oxygen atoms in total. The van der Waals surface area contributed by atoms with Crippen molar-refractivity contribution in [1.82, 2.24) is 4.98 Å². The van der Waals surface area contributed by atoms with Crippen molar-refractivity contribution in [1.29, 1.82) is 0 Å². The molecule has 1 unspecified atom stereocenters. The highest BCUT2D eigenvalue weighted by Crippen LogP contribution is 1.98. The van der Waals surface area contributed by atoms with Crippen molar-refractivity contribution >= 4 is 21.6 Å². The Morgan fingerprint density at radius 2 is 2.47 bits per heavy atom. The molecule has 1 rings (SSSR count). The number of aliphatic hydroxyl groups excluding tert-OH is 1. The standard InChI is InChI=1S/C10H13BrN2O2/c1-8(10-4-2-3-5-12-10)13-15-7-9(14)6-11/h2-5,9,14H,6-7H2,1H3/b13-8+. The molecule has 0 aliphatic heterocycles. The molecule has 1 aromatic rings. The molecule has 0 fully saturated rings. The van der Waals surface area contributed by atoms with Crippen LogP contribution < -0.4 is 0 Å². The second kappa shape index (κ2) is 6.53. The Hall–Kier alpha value is -0.940. The van der Waals surface area contributed by atoms with Gasteiger partial charge in [-0.15, -0.1) is 0 Å². The lowest BCUT2D eigenvalue weighted by Crippen LogP contribution is -2.15. The molecule has 1 N–H and O–H groups in total. The van der Waals surface area contributed by atoms with Crippen LogP contribution >= 0.6 is 15.9 Å². The molecule has 0 spiro atoms. The number of alkyl halides is 1. The molecule has 1 heterocycles. The van der Waals surface area contributed by atoms with Gasteiger partial charge >= 0.3 is 0 Å². The number of oxime groups is 1. The molecule has 0 aliphatic rings.